The number of fused-ring (bicyclic) bond motifs is 7. The maximum absolute atomic E-state index is 13.2. The minimum Gasteiger partial charge on any atom is -0.374 e. The number of rotatable bonds is 1. The lowest BCUT2D eigenvalue weighted by Gasteiger charge is -2.43. The summed E-state index contributed by atoms with van der Waals surface area (Å²) in [6.07, 6.45) is 4.74. The number of carbonyl (C=O) groups excluding carboxylic acids is 1. The fourth-order valence-electron chi connectivity index (χ4n) is 5.49. The Morgan fingerprint density at radius 3 is 2.78 bits per heavy atom. The molecule has 0 aromatic heterocycles. The van der Waals surface area contributed by atoms with Crippen molar-refractivity contribution in [2.24, 2.45) is 11.8 Å². The minimum atomic E-state index is -0.355. The number of nitrogens with zero attached hydrogens (tertiary/aromatic N) is 1. The van der Waals surface area contributed by atoms with Crippen molar-refractivity contribution >= 4 is 5.91 Å². The van der Waals surface area contributed by atoms with Gasteiger partial charge in [0.2, 0.25) is 5.91 Å². The molecule has 1 aromatic carbocycles. The maximum atomic E-state index is 13.2. The highest BCUT2D eigenvalue weighted by Crippen LogP contribution is 2.58. The summed E-state index contributed by atoms with van der Waals surface area (Å²) < 4.78 is 6.18. The van der Waals surface area contributed by atoms with Crippen molar-refractivity contribution in [3.05, 3.63) is 35.4 Å². The van der Waals surface area contributed by atoms with Crippen LogP contribution >= 0.6 is 0 Å². The second-order valence-corrected chi connectivity index (χ2v) is 7.60. The van der Waals surface area contributed by atoms with E-state index in [4.69, 9.17) is 4.74 Å². The molecule has 23 heavy (non-hydrogen) atoms. The topological polar surface area (TPSA) is 41.6 Å². The molecule has 4 saturated heterocycles. The summed E-state index contributed by atoms with van der Waals surface area (Å²) >= 11 is 0. The smallest absolute Gasteiger partial charge is 0.230 e. The van der Waals surface area contributed by atoms with Gasteiger partial charge in [-0.3, -0.25) is 10.1 Å². The van der Waals surface area contributed by atoms with Gasteiger partial charge in [0.05, 0.1) is 18.1 Å². The fourth-order valence-corrected chi connectivity index (χ4v) is 5.49. The van der Waals surface area contributed by atoms with Crippen molar-refractivity contribution in [1.82, 2.24) is 10.2 Å². The molecule has 1 N–H and O–H groups in total. The van der Waals surface area contributed by atoms with E-state index >= 15 is 0 Å². The molecule has 4 aliphatic rings. The van der Waals surface area contributed by atoms with Crippen LogP contribution < -0.4 is 5.32 Å². The van der Waals surface area contributed by atoms with Gasteiger partial charge < -0.3 is 9.64 Å². The Balaban J connectivity index is 1.69. The highest BCUT2D eigenvalue weighted by molar-refractivity contribution is 5.85. The Hall–Kier alpha value is -1.39. The average Bonchev–Trinajstić information content (AvgIpc) is 3.17. The molecular formula is C19H24N2O2. The van der Waals surface area contributed by atoms with Crippen molar-refractivity contribution in [3.8, 4) is 0 Å². The molecule has 122 valence electrons. The SMILES string of the molecule is Cc1ccc(C23NCCCCN2C(=O)[C@H]2[C@@H]3[C@@H]3CC[C@H]2O3)cc1. The highest BCUT2D eigenvalue weighted by Gasteiger charge is 2.69. The molecule has 0 saturated carbocycles. The van der Waals surface area contributed by atoms with Gasteiger partial charge in [-0.05, 0) is 44.7 Å². The van der Waals surface area contributed by atoms with Crippen LogP contribution in [0.3, 0.4) is 0 Å². The fraction of sp³-hybridized carbons (Fsp3) is 0.632. The van der Waals surface area contributed by atoms with E-state index in [0.717, 1.165) is 38.8 Å². The molecule has 1 amide bonds. The van der Waals surface area contributed by atoms with E-state index < -0.39 is 0 Å². The molecular weight excluding hydrogens is 288 g/mol. The lowest BCUT2D eigenvalue weighted by atomic mass is 9.73. The van der Waals surface area contributed by atoms with Gasteiger partial charge in [-0.25, -0.2) is 0 Å². The zero-order valence-electron chi connectivity index (χ0n) is 13.6. The Morgan fingerprint density at radius 2 is 1.96 bits per heavy atom. The molecule has 4 aliphatic heterocycles. The second-order valence-electron chi connectivity index (χ2n) is 7.60. The van der Waals surface area contributed by atoms with Crippen molar-refractivity contribution in [3.63, 3.8) is 0 Å². The van der Waals surface area contributed by atoms with Crippen LogP contribution in [0.25, 0.3) is 0 Å². The van der Waals surface area contributed by atoms with E-state index in [9.17, 15) is 4.79 Å². The van der Waals surface area contributed by atoms with Crippen molar-refractivity contribution in [1.29, 1.82) is 0 Å². The van der Waals surface area contributed by atoms with Gasteiger partial charge in [-0.2, -0.15) is 0 Å². The first kappa shape index (κ1) is 14.0. The Kier molecular flexibility index (Phi) is 2.92. The monoisotopic (exact) mass is 312 g/mol. The summed E-state index contributed by atoms with van der Waals surface area (Å²) in [5.41, 5.74) is 2.14. The summed E-state index contributed by atoms with van der Waals surface area (Å²) in [5.74, 6) is 0.632. The first-order chi connectivity index (χ1) is 11.2. The van der Waals surface area contributed by atoms with Crippen LogP contribution in [0.4, 0.5) is 0 Å². The molecule has 0 radical (unpaired) electrons. The highest BCUT2D eigenvalue weighted by atomic mass is 16.5. The number of hydrogen-bond donors (Lipinski definition) is 1. The minimum absolute atomic E-state index is 0.0562. The number of amides is 1. The molecule has 5 atom stereocenters. The average molecular weight is 312 g/mol. The summed E-state index contributed by atoms with van der Waals surface area (Å²) in [5, 5.41) is 3.80. The van der Waals surface area contributed by atoms with Gasteiger partial charge in [0.25, 0.3) is 0 Å². The molecule has 0 spiro atoms. The van der Waals surface area contributed by atoms with Gasteiger partial charge in [0, 0.05) is 12.5 Å². The number of nitrogens with one attached hydrogen (secondary N) is 1. The van der Waals surface area contributed by atoms with E-state index in [2.05, 4.69) is 41.4 Å². The van der Waals surface area contributed by atoms with Crippen LogP contribution in [0, 0.1) is 18.8 Å². The van der Waals surface area contributed by atoms with Crippen LogP contribution in [0.1, 0.15) is 36.8 Å². The Bertz CT molecular complexity index is 643. The summed E-state index contributed by atoms with van der Waals surface area (Å²) in [4.78, 5) is 15.4. The van der Waals surface area contributed by atoms with E-state index in [-0.39, 0.29) is 29.7 Å². The second kappa shape index (κ2) is 4.81. The third kappa shape index (κ3) is 1.71. The third-order valence-corrected chi connectivity index (χ3v) is 6.43. The summed E-state index contributed by atoms with van der Waals surface area (Å²) in [6, 6.07) is 8.76. The zero-order chi connectivity index (χ0) is 15.6. The number of aryl methyl sites for hydroxylation is 1. The zero-order valence-corrected chi connectivity index (χ0v) is 13.6. The quantitative estimate of drug-likeness (QED) is 0.864. The van der Waals surface area contributed by atoms with Crippen LogP contribution in [0.2, 0.25) is 0 Å². The third-order valence-electron chi connectivity index (χ3n) is 6.43. The largest absolute Gasteiger partial charge is 0.374 e. The molecule has 1 aromatic rings. The van der Waals surface area contributed by atoms with E-state index in [1.54, 1.807) is 0 Å². The lowest BCUT2D eigenvalue weighted by molar-refractivity contribution is -0.137. The van der Waals surface area contributed by atoms with Gasteiger partial charge in [0.1, 0.15) is 5.66 Å². The Labute approximate surface area is 137 Å². The molecule has 5 rings (SSSR count). The van der Waals surface area contributed by atoms with Crippen molar-refractivity contribution < 1.29 is 9.53 Å². The summed E-state index contributed by atoms with van der Waals surface area (Å²) in [7, 11) is 0. The molecule has 1 unspecified atom stereocenters. The van der Waals surface area contributed by atoms with Crippen molar-refractivity contribution in [2.75, 3.05) is 13.1 Å². The molecule has 4 heteroatoms. The molecule has 4 nitrogen and oxygen atoms in total. The van der Waals surface area contributed by atoms with Crippen LogP contribution in [-0.2, 0) is 15.2 Å². The van der Waals surface area contributed by atoms with Crippen LogP contribution in [0.5, 0.6) is 0 Å². The first-order valence-corrected chi connectivity index (χ1v) is 9.01. The molecule has 4 heterocycles. The van der Waals surface area contributed by atoms with Gasteiger partial charge >= 0.3 is 0 Å². The maximum Gasteiger partial charge on any atom is 0.230 e. The predicted molar refractivity (Wildman–Crippen MR) is 86.7 cm³/mol. The standard InChI is InChI=1S/C19H24N2O2/c1-12-4-6-13(7-5-12)19-17-15-9-8-14(23-15)16(17)18(22)21(19)11-3-2-10-20-19/h4-7,14-17,20H,2-3,8-11H2,1H3/t14-,15+,16-,17+,19?/m1/s1. The van der Waals surface area contributed by atoms with E-state index in [1.807, 2.05) is 0 Å². The van der Waals surface area contributed by atoms with Gasteiger partial charge in [-0.1, -0.05) is 29.8 Å². The first-order valence-electron chi connectivity index (χ1n) is 9.01. The van der Waals surface area contributed by atoms with Gasteiger partial charge in [-0.15, -0.1) is 0 Å². The molecule has 4 fully saturated rings. The summed E-state index contributed by atoms with van der Waals surface area (Å²) in [6.45, 7) is 3.95. The predicted octanol–water partition coefficient (Wildman–Crippen LogP) is 2.17. The van der Waals surface area contributed by atoms with Crippen LogP contribution in [0.15, 0.2) is 24.3 Å². The Morgan fingerprint density at radius 1 is 1.17 bits per heavy atom. The number of hydrogen-bond acceptors (Lipinski definition) is 3. The molecule has 2 bridgehead atoms. The van der Waals surface area contributed by atoms with E-state index in [1.165, 1.54) is 11.1 Å². The number of carbonyl (C=O) groups is 1. The van der Waals surface area contributed by atoms with E-state index in [0.29, 0.717) is 5.91 Å². The lowest BCUT2D eigenvalue weighted by Crippen LogP contribution is -2.58. The number of ether oxygens (including phenoxy) is 1. The van der Waals surface area contributed by atoms with Crippen molar-refractivity contribution in [2.45, 2.75) is 50.5 Å². The van der Waals surface area contributed by atoms with Gasteiger partial charge in [0.15, 0.2) is 0 Å². The normalized spacial score (nSPS) is 41.8. The molecule has 0 aliphatic carbocycles. The number of benzene rings is 1. The van der Waals surface area contributed by atoms with Crippen LogP contribution in [-0.4, -0.2) is 36.1 Å².